The molecule has 0 saturated carbocycles. The average molecular weight is 463 g/mol. The van der Waals surface area contributed by atoms with Crippen LogP contribution < -0.4 is 19.9 Å². The molecular weight excluding hydrogens is 424 g/mol. The van der Waals surface area contributed by atoms with Crippen LogP contribution in [0, 0.1) is 6.92 Å². The van der Waals surface area contributed by atoms with Gasteiger partial charge in [-0.05, 0) is 31.9 Å². The number of ether oxygens (including phenoxy) is 2. The van der Waals surface area contributed by atoms with Gasteiger partial charge in [0.15, 0.2) is 0 Å². The maximum atomic E-state index is 13.0. The fourth-order valence-electron chi connectivity index (χ4n) is 3.24. The second kappa shape index (κ2) is 13.2. The monoisotopic (exact) mass is 462 g/mol. The number of sulfonamides is 1. The van der Waals surface area contributed by atoms with E-state index in [-0.39, 0.29) is 4.90 Å². The van der Waals surface area contributed by atoms with E-state index in [0.717, 1.165) is 56.9 Å². The van der Waals surface area contributed by atoms with Gasteiger partial charge in [-0.1, -0.05) is 70.1 Å². The van der Waals surface area contributed by atoms with Gasteiger partial charge in [-0.2, -0.15) is 0 Å². The highest BCUT2D eigenvalue weighted by atomic mass is 32.2. The first-order valence-corrected chi connectivity index (χ1v) is 13.1. The molecule has 178 valence electrons. The zero-order chi connectivity index (χ0) is 23.4. The molecule has 0 amide bonds. The molecular formula is C25H38N2O4S. The van der Waals surface area contributed by atoms with Crippen molar-refractivity contribution in [3.8, 4) is 11.5 Å². The first-order chi connectivity index (χ1) is 15.4. The number of hydrogen-bond acceptors (Lipinski definition) is 5. The lowest BCUT2D eigenvalue weighted by Gasteiger charge is -2.17. The van der Waals surface area contributed by atoms with Gasteiger partial charge in [0.25, 0.3) is 10.0 Å². The Morgan fingerprint density at radius 3 is 1.94 bits per heavy atom. The summed E-state index contributed by atoms with van der Waals surface area (Å²) in [5.41, 5.74) is 7.95. The quantitative estimate of drug-likeness (QED) is 0.239. The number of rotatable bonds is 15. The summed E-state index contributed by atoms with van der Waals surface area (Å²) in [6.07, 6.45) is 8.56. The van der Waals surface area contributed by atoms with Gasteiger partial charge in [0, 0.05) is 12.1 Å². The molecule has 0 spiro atoms. The third-order valence-electron chi connectivity index (χ3n) is 5.20. The van der Waals surface area contributed by atoms with Crippen molar-refractivity contribution in [1.82, 2.24) is 0 Å². The molecule has 7 heteroatoms. The van der Waals surface area contributed by atoms with Gasteiger partial charge in [-0.25, -0.2) is 8.42 Å². The molecule has 2 aromatic rings. The van der Waals surface area contributed by atoms with Gasteiger partial charge < -0.3 is 15.2 Å². The van der Waals surface area contributed by atoms with Crippen molar-refractivity contribution in [1.29, 1.82) is 0 Å². The third kappa shape index (κ3) is 8.26. The summed E-state index contributed by atoms with van der Waals surface area (Å²) in [6, 6.07) is 9.99. The van der Waals surface area contributed by atoms with Crippen molar-refractivity contribution in [3.05, 3.63) is 42.0 Å². The van der Waals surface area contributed by atoms with Crippen LogP contribution in [0.5, 0.6) is 11.5 Å². The lowest BCUT2D eigenvalue weighted by Crippen LogP contribution is -2.15. The average Bonchev–Trinajstić information content (AvgIpc) is 2.76. The number of benzene rings is 2. The van der Waals surface area contributed by atoms with Crippen LogP contribution in [0.3, 0.4) is 0 Å². The highest BCUT2D eigenvalue weighted by Crippen LogP contribution is 2.36. The van der Waals surface area contributed by atoms with Crippen LogP contribution in [-0.2, 0) is 10.0 Å². The Hall–Kier alpha value is -2.41. The van der Waals surface area contributed by atoms with E-state index >= 15 is 0 Å². The molecule has 0 atom stereocenters. The van der Waals surface area contributed by atoms with E-state index in [1.165, 1.54) is 0 Å². The minimum Gasteiger partial charge on any atom is -0.491 e. The lowest BCUT2D eigenvalue weighted by molar-refractivity contribution is 0.299. The van der Waals surface area contributed by atoms with Crippen LogP contribution in [0.25, 0.3) is 0 Å². The van der Waals surface area contributed by atoms with Gasteiger partial charge in [-0.3, -0.25) is 4.72 Å². The van der Waals surface area contributed by atoms with Crippen LogP contribution in [0.4, 0.5) is 11.4 Å². The van der Waals surface area contributed by atoms with Crippen molar-refractivity contribution >= 4 is 21.4 Å². The topological polar surface area (TPSA) is 90.6 Å². The third-order valence-corrected chi connectivity index (χ3v) is 6.58. The van der Waals surface area contributed by atoms with Crippen LogP contribution in [0.15, 0.2) is 41.3 Å². The molecule has 0 aliphatic rings. The van der Waals surface area contributed by atoms with Gasteiger partial charge in [0.2, 0.25) is 0 Å². The first kappa shape index (κ1) is 25.8. The minimum atomic E-state index is -3.78. The predicted molar refractivity (Wildman–Crippen MR) is 132 cm³/mol. The molecule has 0 aromatic heterocycles. The molecule has 0 bridgehead atoms. The van der Waals surface area contributed by atoms with Crippen LogP contribution in [-0.4, -0.2) is 21.6 Å². The summed E-state index contributed by atoms with van der Waals surface area (Å²) in [4.78, 5) is 0.191. The largest absolute Gasteiger partial charge is 0.491 e. The molecule has 0 fully saturated rings. The standard InChI is InChI=1S/C25H38N2O4S/c1-4-6-8-10-16-30-24-19-23(25(18-22(24)26)31-17-11-9-7-5-2)27-32(28,29)21-14-12-20(3)13-15-21/h12-15,18-19,27H,4-11,16-17,26H2,1-3H3. The SMILES string of the molecule is CCCCCCOc1cc(NS(=O)(=O)c2ccc(C)cc2)c(OCCCCCC)cc1N. The minimum absolute atomic E-state index is 0.191. The molecule has 3 N–H and O–H groups in total. The summed E-state index contributed by atoms with van der Waals surface area (Å²) >= 11 is 0. The van der Waals surface area contributed by atoms with E-state index in [0.29, 0.717) is 36.1 Å². The lowest BCUT2D eigenvalue weighted by atomic mass is 10.2. The number of aryl methyl sites for hydroxylation is 1. The smallest absolute Gasteiger partial charge is 0.262 e. The number of unbranched alkanes of at least 4 members (excludes halogenated alkanes) is 6. The van der Waals surface area contributed by atoms with E-state index in [1.54, 1.807) is 36.4 Å². The van der Waals surface area contributed by atoms with E-state index in [2.05, 4.69) is 18.6 Å². The molecule has 0 unspecified atom stereocenters. The fraction of sp³-hybridized carbons (Fsp3) is 0.520. The summed E-state index contributed by atoms with van der Waals surface area (Å²) in [6.45, 7) is 7.26. The molecule has 0 saturated heterocycles. The molecule has 0 aliphatic heterocycles. The summed E-state index contributed by atoms with van der Waals surface area (Å²) in [5, 5.41) is 0. The van der Waals surface area contributed by atoms with Crippen LogP contribution in [0.2, 0.25) is 0 Å². The molecule has 2 rings (SSSR count). The summed E-state index contributed by atoms with van der Waals surface area (Å²) in [7, 11) is -3.78. The van der Waals surface area contributed by atoms with Crippen molar-refractivity contribution in [2.45, 2.75) is 77.0 Å². The van der Waals surface area contributed by atoms with Crippen molar-refractivity contribution in [3.63, 3.8) is 0 Å². The normalized spacial score (nSPS) is 11.3. The van der Waals surface area contributed by atoms with Gasteiger partial charge in [0.05, 0.1) is 29.5 Å². The Labute approximate surface area is 193 Å². The molecule has 2 aromatic carbocycles. The predicted octanol–water partition coefficient (Wildman–Crippen LogP) is 6.30. The van der Waals surface area contributed by atoms with Gasteiger partial charge >= 0.3 is 0 Å². The van der Waals surface area contributed by atoms with E-state index in [1.807, 2.05) is 6.92 Å². The molecule has 32 heavy (non-hydrogen) atoms. The van der Waals surface area contributed by atoms with Crippen molar-refractivity contribution < 1.29 is 17.9 Å². The van der Waals surface area contributed by atoms with Crippen molar-refractivity contribution in [2.75, 3.05) is 23.7 Å². The maximum absolute atomic E-state index is 13.0. The van der Waals surface area contributed by atoms with E-state index in [9.17, 15) is 8.42 Å². The number of nitrogens with two attached hydrogens (primary N) is 1. The Morgan fingerprint density at radius 2 is 1.38 bits per heavy atom. The van der Waals surface area contributed by atoms with Crippen LogP contribution in [0.1, 0.15) is 70.8 Å². The molecule has 0 aliphatic carbocycles. The highest BCUT2D eigenvalue weighted by Gasteiger charge is 2.19. The maximum Gasteiger partial charge on any atom is 0.262 e. The fourth-order valence-corrected chi connectivity index (χ4v) is 4.30. The summed E-state index contributed by atoms with van der Waals surface area (Å²) in [5.74, 6) is 0.870. The number of nitrogens with one attached hydrogen (secondary N) is 1. The second-order valence-corrected chi connectivity index (χ2v) is 9.81. The second-order valence-electron chi connectivity index (χ2n) is 8.12. The van der Waals surface area contributed by atoms with Gasteiger partial charge in [0.1, 0.15) is 11.5 Å². The summed E-state index contributed by atoms with van der Waals surface area (Å²) < 4.78 is 40.4. The zero-order valence-electron chi connectivity index (χ0n) is 19.7. The molecule has 6 nitrogen and oxygen atoms in total. The molecule has 0 heterocycles. The van der Waals surface area contributed by atoms with Crippen LogP contribution >= 0.6 is 0 Å². The zero-order valence-corrected chi connectivity index (χ0v) is 20.5. The Balaban J connectivity index is 2.21. The Morgan fingerprint density at radius 1 is 0.812 bits per heavy atom. The first-order valence-electron chi connectivity index (χ1n) is 11.7. The van der Waals surface area contributed by atoms with Crippen molar-refractivity contribution in [2.24, 2.45) is 0 Å². The molecule has 0 radical (unpaired) electrons. The van der Waals surface area contributed by atoms with E-state index < -0.39 is 10.0 Å². The van der Waals surface area contributed by atoms with E-state index in [4.69, 9.17) is 15.2 Å². The highest BCUT2D eigenvalue weighted by molar-refractivity contribution is 7.92. The Kier molecular flexibility index (Phi) is 10.7. The van der Waals surface area contributed by atoms with Gasteiger partial charge in [-0.15, -0.1) is 0 Å². The number of nitrogen functional groups attached to an aromatic ring is 1. The Bertz CT molecular complexity index is 928. The number of hydrogen-bond donors (Lipinski definition) is 2. The number of anilines is 2.